The van der Waals surface area contributed by atoms with E-state index >= 15 is 0 Å². The van der Waals surface area contributed by atoms with Crippen LogP contribution in [0.2, 0.25) is 0 Å². The summed E-state index contributed by atoms with van der Waals surface area (Å²) < 4.78 is 7.18. The van der Waals surface area contributed by atoms with Gasteiger partial charge in [-0.2, -0.15) is 0 Å². The van der Waals surface area contributed by atoms with E-state index < -0.39 is 11.7 Å². The third kappa shape index (κ3) is 3.19. The number of hydrogen-bond donors (Lipinski definition) is 2. The third-order valence-corrected chi connectivity index (χ3v) is 2.49. The molecule has 7 nitrogen and oxygen atoms in total. The smallest absolute Gasteiger partial charge is 0.408 e. The second-order valence-corrected chi connectivity index (χ2v) is 5.22. The van der Waals surface area contributed by atoms with Crippen LogP contribution in [0.3, 0.4) is 0 Å². The van der Waals surface area contributed by atoms with Crippen LogP contribution in [-0.4, -0.2) is 33.0 Å². The van der Waals surface area contributed by atoms with E-state index in [4.69, 9.17) is 4.74 Å². The monoisotopic (exact) mass is 253 g/mol. The van der Waals surface area contributed by atoms with Gasteiger partial charge >= 0.3 is 6.09 Å². The number of carbonyl (C=O) groups is 1. The molecule has 7 heteroatoms. The molecular weight excluding hydrogens is 234 g/mol. The molecule has 0 radical (unpaired) electrons. The molecule has 0 atom stereocenters. The van der Waals surface area contributed by atoms with E-state index in [-0.39, 0.29) is 0 Å². The van der Waals surface area contributed by atoms with Crippen molar-refractivity contribution in [1.29, 1.82) is 0 Å². The maximum absolute atomic E-state index is 11.5. The summed E-state index contributed by atoms with van der Waals surface area (Å²) in [5, 5.41) is 14.0. The minimum absolute atomic E-state index is 0.335. The average molecular weight is 253 g/mol. The Labute approximate surface area is 106 Å². The van der Waals surface area contributed by atoms with E-state index in [0.29, 0.717) is 6.54 Å². The molecule has 0 fully saturated rings. The highest BCUT2D eigenvalue weighted by molar-refractivity contribution is 5.67. The number of rotatable bonds is 2. The van der Waals surface area contributed by atoms with Crippen LogP contribution < -0.4 is 10.6 Å². The van der Waals surface area contributed by atoms with E-state index in [2.05, 4.69) is 20.8 Å². The lowest BCUT2D eigenvalue weighted by atomic mass is 10.2. The van der Waals surface area contributed by atoms with Gasteiger partial charge in [0.2, 0.25) is 0 Å². The molecule has 0 saturated carbocycles. The van der Waals surface area contributed by atoms with Gasteiger partial charge in [-0.05, 0) is 20.8 Å². The molecule has 2 rings (SSSR count). The first kappa shape index (κ1) is 12.8. The molecule has 1 aromatic heterocycles. The van der Waals surface area contributed by atoms with Crippen LogP contribution in [-0.2, 0) is 24.4 Å². The summed E-state index contributed by atoms with van der Waals surface area (Å²) >= 11 is 0. The summed E-state index contributed by atoms with van der Waals surface area (Å²) in [6.45, 7) is 8.27. The fourth-order valence-electron chi connectivity index (χ4n) is 1.75. The summed E-state index contributed by atoms with van der Waals surface area (Å²) in [5.74, 6) is 1.67. The minimum Gasteiger partial charge on any atom is -0.444 e. The minimum atomic E-state index is -0.488. The van der Waals surface area contributed by atoms with Crippen LogP contribution in [0.15, 0.2) is 0 Å². The molecule has 2 N–H and O–H groups in total. The van der Waals surface area contributed by atoms with Crippen molar-refractivity contribution >= 4 is 6.09 Å². The van der Waals surface area contributed by atoms with Crippen LogP contribution in [0.5, 0.6) is 0 Å². The lowest BCUT2D eigenvalue weighted by molar-refractivity contribution is 0.0521. The van der Waals surface area contributed by atoms with Crippen molar-refractivity contribution in [2.75, 3.05) is 6.54 Å². The van der Waals surface area contributed by atoms with E-state index in [1.165, 1.54) is 0 Å². The number of amides is 1. The summed E-state index contributed by atoms with van der Waals surface area (Å²) in [7, 11) is 0. The molecule has 0 bridgehead atoms. The van der Waals surface area contributed by atoms with E-state index in [0.717, 1.165) is 31.3 Å². The Morgan fingerprint density at radius 3 is 3.00 bits per heavy atom. The van der Waals surface area contributed by atoms with Gasteiger partial charge < -0.3 is 19.9 Å². The second kappa shape index (κ2) is 4.93. The Morgan fingerprint density at radius 2 is 2.28 bits per heavy atom. The molecule has 1 amide bonds. The zero-order valence-corrected chi connectivity index (χ0v) is 11.0. The van der Waals surface area contributed by atoms with Crippen molar-refractivity contribution in [3.05, 3.63) is 11.6 Å². The van der Waals surface area contributed by atoms with Crippen LogP contribution in [0.1, 0.15) is 32.4 Å². The van der Waals surface area contributed by atoms with Gasteiger partial charge in [0.15, 0.2) is 5.82 Å². The molecule has 0 spiro atoms. The number of alkyl carbamates (subject to hydrolysis) is 1. The number of hydrogen-bond acceptors (Lipinski definition) is 5. The zero-order valence-electron chi connectivity index (χ0n) is 11.0. The molecule has 1 aliphatic heterocycles. The van der Waals surface area contributed by atoms with Gasteiger partial charge in [-0.15, -0.1) is 10.2 Å². The van der Waals surface area contributed by atoms with E-state index in [9.17, 15) is 4.79 Å². The van der Waals surface area contributed by atoms with Crippen molar-refractivity contribution in [2.45, 2.75) is 46.0 Å². The Bertz CT molecular complexity index is 435. The Hall–Kier alpha value is -1.63. The maximum atomic E-state index is 11.5. The number of nitrogens with one attached hydrogen (secondary N) is 2. The van der Waals surface area contributed by atoms with Gasteiger partial charge in [-0.25, -0.2) is 4.79 Å². The molecule has 100 valence electrons. The molecule has 2 heterocycles. The molecule has 0 aromatic carbocycles. The van der Waals surface area contributed by atoms with Crippen LogP contribution in [0.25, 0.3) is 0 Å². The quantitative estimate of drug-likeness (QED) is 0.797. The topological polar surface area (TPSA) is 81.1 Å². The molecule has 0 aliphatic carbocycles. The standard InChI is InChI=1S/C11H19N5O2/c1-11(2,3)18-10(17)13-7-9-15-14-8-6-12-4-5-16(8)9/h12H,4-7H2,1-3H3,(H,13,17). The van der Waals surface area contributed by atoms with Gasteiger partial charge in [-0.1, -0.05) is 0 Å². The van der Waals surface area contributed by atoms with Crippen LogP contribution in [0, 0.1) is 0 Å². The van der Waals surface area contributed by atoms with Crippen molar-refractivity contribution in [3.8, 4) is 0 Å². The van der Waals surface area contributed by atoms with Gasteiger partial charge in [0.05, 0.1) is 13.1 Å². The molecular formula is C11H19N5O2. The lowest BCUT2D eigenvalue weighted by Gasteiger charge is -2.20. The summed E-state index contributed by atoms with van der Waals surface area (Å²) in [5.41, 5.74) is -0.488. The Morgan fingerprint density at radius 1 is 1.50 bits per heavy atom. The molecule has 0 unspecified atom stereocenters. The second-order valence-electron chi connectivity index (χ2n) is 5.22. The van der Waals surface area contributed by atoms with Gasteiger partial charge in [-0.3, -0.25) is 0 Å². The first-order valence-corrected chi connectivity index (χ1v) is 6.04. The number of fused-ring (bicyclic) bond motifs is 1. The summed E-state index contributed by atoms with van der Waals surface area (Å²) in [4.78, 5) is 11.5. The maximum Gasteiger partial charge on any atom is 0.408 e. The zero-order chi connectivity index (χ0) is 13.2. The van der Waals surface area contributed by atoms with Crippen molar-refractivity contribution in [2.24, 2.45) is 0 Å². The molecule has 1 aliphatic rings. The Balaban J connectivity index is 1.91. The molecule has 0 saturated heterocycles. The number of ether oxygens (including phenoxy) is 1. The van der Waals surface area contributed by atoms with E-state index in [1.807, 2.05) is 25.3 Å². The molecule has 18 heavy (non-hydrogen) atoms. The first-order valence-electron chi connectivity index (χ1n) is 6.04. The van der Waals surface area contributed by atoms with Crippen molar-refractivity contribution in [3.63, 3.8) is 0 Å². The average Bonchev–Trinajstić information content (AvgIpc) is 2.67. The van der Waals surface area contributed by atoms with E-state index in [1.54, 1.807) is 0 Å². The van der Waals surface area contributed by atoms with Crippen LogP contribution in [0.4, 0.5) is 4.79 Å². The number of nitrogens with zero attached hydrogens (tertiary/aromatic N) is 3. The van der Waals surface area contributed by atoms with Gasteiger partial charge in [0.1, 0.15) is 11.4 Å². The molecule has 1 aromatic rings. The number of carbonyl (C=O) groups excluding carboxylic acids is 1. The highest BCUT2D eigenvalue weighted by atomic mass is 16.6. The highest BCUT2D eigenvalue weighted by Crippen LogP contribution is 2.08. The summed E-state index contributed by atoms with van der Waals surface area (Å²) in [6, 6.07) is 0. The largest absolute Gasteiger partial charge is 0.444 e. The van der Waals surface area contributed by atoms with Crippen LogP contribution >= 0.6 is 0 Å². The third-order valence-electron chi connectivity index (χ3n) is 2.49. The highest BCUT2D eigenvalue weighted by Gasteiger charge is 2.18. The fourth-order valence-corrected chi connectivity index (χ4v) is 1.75. The van der Waals surface area contributed by atoms with Gasteiger partial charge in [0, 0.05) is 13.1 Å². The first-order chi connectivity index (χ1) is 8.46. The predicted molar refractivity (Wildman–Crippen MR) is 64.8 cm³/mol. The predicted octanol–water partition coefficient (Wildman–Crippen LogP) is 0.406. The Kier molecular flexibility index (Phi) is 3.51. The van der Waals surface area contributed by atoms with Gasteiger partial charge in [0.25, 0.3) is 0 Å². The normalized spacial score (nSPS) is 15.1. The van der Waals surface area contributed by atoms with Crippen molar-refractivity contribution in [1.82, 2.24) is 25.4 Å². The SMILES string of the molecule is CC(C)(C)OC(=O)NCc1nnc2n1CCNC2. The lowest BCUT2D eigenvalue weighted by Crippen LogP contribution is -2.34. The van der Waals surface area contributed by atoms with Crippen molar-refractivity contribution < 1.29 is 9.53 Å². The fraction of sp³-hybridized carbons (Fsp3) is 0.727. The number of aromatic nitrogens is 3. The summed E-state index contributed by atoms with van der Waals surface area (Å²) in [6.07, 6.45) is -0.436.